The topological polar surface area (TPSA) is 99.7 Å². The fraction of sp³-hybridized carbons (Fsp3) is 0.632. The van der Waals surface area contributed by atoms with Gasteiger partial charge in [-0.15, -0.1) is 0 Å². The number of rotatable bonds is 2. The van der Waals surface area contributed by atoms with Crippen LogP contribution in [-0.4, -0.2) is 53.2 Å². The number of aliphatic carboxylic acids is 1. The second-order valence-corrected chi connectivity index (χ2v) is 7.75. The van der Waals surface area contributed by atoms with Crippen molar-refractivity contribution in [1.82, 2.24) is 9.88 Å². The van der Waals surface area contributed by atoms with Crippen molar-refractivity contribution in [2.75, 3.05) is 26.3 Å². The standard InChI is InChI=1S/C19H24N2O5/c22-16-14(8-12-4-2-1-3-5-15(12)20-16)17(23)21-9-13-10-26-7-6-19(13,11-21)18(24)25/h8,13H,1-7,9-11H2,(H,20,22)(H,24,25)/t13-,19+/m0/s1. The largest absolute Gasteiger partial charge is 0.481 e. The maximum atomic E-state index is 13.0. The number of likely N-dealkylation sites (tertiary alicyclic amines) is 1. The van der Waals surface area contributed by atoms with E-state index in [-0.39, 0.29) is 29.5 Å². The third kappa shape index (κ3) is 2.74. The van der Waals surface area contributed by atoms with Gasteiger partial charge in [0, 0.05) is 31.3 Å². The van der Waals surface area contributed by atoms with Gasteiger partial charge in [-0.2, -0.15) is 0 Å². The Kier molecular flexibility index (Phi) is 4.34. The molecule has 1 aliphatic carbocycles. The predicted molar refractivity (Wildman–Crippen MR) is 93.2 cm³/mol. The molecule has 2 N–H and O–H groups in total. The molecule has 2 atom stereocenters. The van der Waals surface area contributed by atoms with Crippen molar-refractivity contribution >= 4 is 11.9 Å². The van der Waals surface area contributed by atoms with Gasteiger partial charge in [0.25, 0.3) is 11.5 Å². The molecule has 7 nitrogen and oxygen atoms in total. The molecule has 0 aromatic carbocycles. The summed E-state index contributed by atoms with van der Waals surface area (Å²) in [7, 11) is 0. The molecule has 2 fully saturated rings. The van der Waals surface area contributed by atoms with Crippen molar-refractivity contribution in [1.29, 1.82) is 0 Å². The zero-order valence-electron chi connectivity index (χ0n) is 14.8. The van der Waals surface area contributed by atoms with Gasteiger partial charge in [-0.25, -0.2) is 0 Å². The SMILES string of the molecule is O=C(c1cc2c([nH]c1=O)CCCCC2)N1C[C@H]2COCC[C@@]2(C(=O)O)C1. The van der Waals surface area contributed by atoms with E-state index in [1.54, 1.807) is 6.07 Å². The lowest BCUT2D eigenvalue weighted by Crippen LogP contribution is -2.45. The first kappa shape index (κ1) is 17.3. The predicted octanol–water partition coefficient (Wildman–Crippen LogP) is 1.21. The molecule has 2 aliphatic heterocycles. The Morgan fingerprint density at radius 2 is 2.08 bits per heavy atom. The van der Waals surface area contributed by atoms with Crippen LogP contribution in [0.25, 0.3) is 0 Å². The Balaban J connectivity index is 1.63. The zero-order valence-corrected chi connectivity index (χ0v) is 14.8. The highest BCUT2D eigenvalue weighted by molar-refractivity contribution is 5.95. The molecule has 4 rings (SSSR count). The molecule has 140 valence electrons. The number of fused-ring (bicyclic) bond motifs is 2. The lowest BCUT2D eigenvalue weighted by Gasteiger charge is -2.33. The van der Waals surface area contributed by atoms with E-state index < -0.39 is 11.4 Å². The molecular formula is C19H24N2O5. The fourth-order valence-electron chi connectivity index (χ4n) is 4.64. The molecule has 1 aromatic rings. The van der Waals surface area contributed by atoms with Crippen LogP contribution >= 0.6 is 0 Å². The van der Waals surface area contributed by atoms with Crippen LogP contribution in [0.4, 0.5) is 0 Å². The molecule has 0 bridgehead atoms. The van der Waals surface area contributed by atoms with Gasteiger partial charge >= 0.3 is 5.97 Å². The van der Waals surface area contributed by atoms with E-state index in [9.17, 15) is 19.5 Å². The van der Waals surface area contributed by atoms with Crippen molar-refractivity contribution in [2.45, 2.75) is 38.5 Å². The molecule has 3 heterocycles. The Bertz CT molecular complexity index is 802. The summed E-state index contributed by atoms with van der Waals surface area (Å²) in [5, 5.41) is 9.75. The van der Waals surface area contributed by atoms with Crippen LogP contribution in [0.1, 0.15) is 47.3 Å². The average Bonchev–Trinajstić information content (AvgIpc) is 2.89. The molecule has 0 radical (unpaired) electrons. The molecule has 26 heavy (non-hydrogen) atoms. The maximum absolute atomic E-state index is 13.0. The number of carboxylic acids is 1. The number of H-pyrrole nitrogens is 1. The number of nitrogens with one attached hydrogen (secondary N) is 1. The van der Waals surface area contributed by atoms with Crippen molar-refractivity contribution in [3.8, 4) is 0 Å². The highest BCUT2D eigenvalue weighted by Gasteiger charge is 2.55. The van der Waals surface area contributed by atoms with Gasteiger partial charge in [0.05, 0.1) is 12.0 Å². The number of nitrogens with zero attached hydrogens (tertiary/aromatic N) is 1. The van der Waals surface area contributed by atoms with Crippen LogP contribution < -0.4 is 5.56 Å². The van der Waals surface area contributed by atoms with Crippen LogP contribution in [-0.2, 0) is 22.4 Å². The van der Waals surface area contributed by atoms with Gasteiger partial charge in [0.1, 0.15) is 5.56 Å². The summed E-state index contributed by atoms with van der Waals surface area (Å²) in [6.45, 7) is 1.20. The van der Waals surface area contributed by atoms with E-state index in [2.05, 4.69) is 4.98 Å². The minimum absolute atomic E-state index is 0.130. The summed E-state index contributed by atoms with van der Waals surface area (Å²) < 4.78 is 5.44. The zero-order chi connectivity index (χ0) is 18.3. The maximum Gasteiger partial charge on any atom is 0.311 e. The molecule has 1 aromatic heterocycles. The second-order valence-electron chi connectivity index (χ2n) is 7.75. The van der Waals surface area contributed by atoms with E-state index in [0.717, 1.165) is 43.4 Å². The summed E-state index contributed by atoms with van der Waals surface area (Å²) in [6, 6.07) is 1.73. The summed E-state index contributed by atoms with van der Waals surface area (Å²) >= 11 is 0. The van der Waals surface area contributed by atoms with Gasteiger partial charge in [-0.3, -0.25) is 14.4 Å². The molecule has 0 unspecified atom stereocenters. The Labute approximate surface area is 151 Å². The molecular weight excluding hydrogens is 336 g/mol. The minimum Gasteiger partial charge on any atom is -0.481 e. The number of hydrogen-bond donors (Lipinski definition) is 2. The normalized spacial score (nSPS) is 28.2. The van der Waals surface area contributed by atoms with Crippen LogP contribution in [0.15, 0.2) is 10.9 Å². The first-order chi connectivity index (χ1) is 12.5. The Hall–Kier alpha value is -2.15. The number of amides is 1. The van der Waals surface area contributed by atoms with E-state index in [1.807, 2.05) is 0 Å². The van der Waals surface area contributed by atoms with Gasteiger partial charge in [-0.05, 0) is 43.7 Å². The summed E-state index contributed by atoms with van der Waals surface area (Å²) in [6.07, 6.45) is 5.32. The van der Waals surface area contributed by atoms with Crippen LogP contribution in [0.5, 0.6) is 0 Å². The molecule has 3 aliphatic rings. The number of ether oxygens (including phenoxy) is 1. The van der Waals surface area contributed by atoms with Crippen LogP contribution in [0.2, 0.25) is 0 Å². The van der Waals surface area contributed by atoms with Crippen molar-refractivity contribution in [3.05, 3.63) is 33.2 Å². The van der Waals surface area contributed by atoms with Crippen molar-refractivity contribution in [2.24, 2.45) is 11.3 Å². The molecule has 0 saturated carbocycles. The number of hydrogen-bond acceptors (Lipinski definition) is 4. The van der Waals surface area contributed by atoms with E-state index >= 15 is 0 Å². The second kappa shape index (κ2) is 6.54. The highest BCUT2D eigenvalue weighted by atomic mass is 16.5. The van der Waals surface area contributed by atoms with E-state index in [0.29, 0.717) is 26.2 Å². The monoisotopic (exact) mass is 360 g/mol. The van der Waals surface area contributed by atoms with Crippen molar-refractivity contribution in [3.63, 3.8) is 0 Å². The summed E-state index contributed by atoms with van der Waals surface area (Å²) in [5.41, 5.74) is 0.789. The number of aryl methyl sites for hydroxylation is 2. The minimum atomic E-state index is -0.952. The van der Waals surface area contributed by atoms with Gasteiger partial charge in [-0.1, -0.05) is 6.42 Å². The number of carboxylic acid groups (broad SMARTS) is 1. The van der Waals surface area contributed by atoms with Gasteiger partial charge in [0.2, 0.25) is 0 Å². The summed E-state index contributed by atoms with van der Waals surface area (Å²) in [5.74, 6) is -1.47. The lowest BCUT2D eigenvalue weighted by atomic mass is 9.74. The Morgan fingerprint density at radius 3 is 2.85 bits per heavy atom. The first-order valence-corrected chi connectivity index (χ1v) is 9.37. The molecule has 7 heteroatoms. The smallest absolute Gasteiger partial charge is 0.311 e. The van der Waals surface area contributed by atoms with E-state index in [1.165, 1.54) is 4.90 Å². The van der Waals surface area contributed by atoms with Crippen LogP contribution in [0.3, 0.4) is 0 Å². The third-order valence-corrected chi connectivity index (χ3v) is 6.24. The van der Waals surface area contributed by atoms with E-state index in [4.69, 9.17) is 4.74 Å². The quantitative estimate of drug-likeness (QED) is 0.772. The third-order valence-electron chi connectivity index (χ3n) is 6.24. The number of carbonyl (C=O) groups excluding carboxylic acids is 1. The van der Waals surface area contributed by atoms with Crippen molar-refractivity contribution < 1.29 is 19.4 Å². The number of carbonyl (C=O) groups is 2. The molecule has 2 saturated heterocycles. The van der Waals surface area contributed by atoms with Gasteiger partial charge in [0.15, 0.2) is 0 Å². The number of aromatic nitrogens is 1. The molecule has 0 spiro atoms. The Morgan fingerprint density at radius 1 is 1.27 bits per heavy atom. The van der Waals surface area contributed by atoms with Gasteiger partial charge < -0.3 is 19.7 Å². The highest BCUT2D eigenvalue weighted by Crippen LogP contribution is 2.42. The summed E-state index contributed by atoms with van der Waals surface area (Å²) in [4.78, 5) is 41.8. The number of pyridine rings is 1. The lowest BCUT2D eigenvalue weighted by molar-refractivity contribution is -0.157. The number of aromatic amines is 1. The average molecular weight is 360 g/mol. The molecule has 1 amide bonds. The fourth-order valence-corrected chi connectivity index (χ4v) is 4.64. The first-order valence-electron chi connectivity index (χ1n) is 9.37. The van der Waals surface area contributed by atoms with Crippen LogP contribution in [0, 0.1) is 11.3 Å².